The second-order valence-electron chi connectivity index (χ2n) is 3.40. The lowest BCUT2D eigenvalue weighted by Gasteiger charge is -2.21. The zero-order valence-corrected chi connectivity index (χ0v) is 8.86. The molecule has 0 aliphatic carbocycles. The van der Waals surface area contributed by atoms with Gasteiger partial charge in [-0.1, -0.05) is 0 Å². The monoisotopic (exact) mass is 224 g/mol. The molecular formula is C11H12O5. The Hall–Kier alpha value is -1.75. The van der Waals surface area contributed by atoms with E-state index >= 15 is 0 Å². The maximum absolute atomic E-state index is 10.8. The minimum absolute atomic E-state index is 0.0981. The number of ether oxygens (including phenoxy) is 3. The number of hydrogen-bond acceptors (Lipinski definition) is 4. The zero-order chi connectivity index (χ0) is 11.5. The van der Waals surface area contributed by atoms with Crippen molar-refractivity contribution in [2.24, 2.45) is 0 Å². The summed E-state index contributed by atoms with van der Waals surface area (Å²) >= 11 is 0. The molecule has 0 amide bonds. The first-order chi connectivity index (χ1) is 7.72. The van der Waals surface area contributed by atoms with Crippen LogP contribution >= 0.6 is 0 Å². The summed E-state index contributed by atoms with van der Waals surface area (Å²) in [5.41, 5.74) is 1.38. The number of carboxylic acid groups (broad SMARTS) is 1. The highest BCUT2D eigenvalue weighted by atomic mass is 16.7. The standard InChI is InChI=1S/C11H12O5/c1-14-9-2-3-10-8(5-15-6-16-10)7(9)4-11(12)13/h2-3H,4-6H2,1H3,(H,12,13). The number of benzene rings is 1. The second-order valence-corrected chi connectivity index (χ2v) is 3.40. The lowest BCUT2D eigenvalue weighted by molar-refractivity contribution is -0.136. The maximum Gasteiger partial charge on any atom is 0.307 e. The smallest absolute Gasteiger partial charge is 0.307 e. The molecule has 1 aliphatic rings. The van der Waals surface area contributed by atoms with Crippen molar-refractivity contribution in [1.82, 2.24) is 0 Å². The van der Waals surface area contributed by atoms with Gasteiger partial charge in [-0.2, -0.15) is 0 Å². The van der Waals surface area contributed by atoms with Crippen molar-refractivity contribution in [3.05, 3.63) is 23.3 Å². The van der Waals surface area contributed by atoms with Crippen molar-refractivity contribution >= 4 is 5.97 Å². The number of carboxylic acids is 1. The maximum atomic E-state index is 10.8. The lowest BCUT2D eigenvalue weighted by atomic mass is 10.0. The van der Waals surface area contributed by atoms with Crippen LogP contribution in [-0.4, -0.2) is 25.0 Å². The van der Waals surface area contributed by atoms with Crippen LogP contribution in [-0.2, 0) is 22.6 Å². The van der Waals surface area contributed by atoms with Crippen molar-refractivity contribution in [1.29, 1.82) is 0 Å². The van der Waals surface area contributed by atoms with E-state index < -0.39 is 5.97 Å². The summed E-state index contributed by atoms with van der Waals surface area (Å²) in [7, 11) is 1.51. The third-order valence-corrected chi connectivity index (χ3v) is 2.44. The van der Waals surface area contributed by atoms with Crippen molar-refractivity contribution < 1.29 is 24.1 Å². The van der Waals surface area contributed by atoms with E-state index in [0.29, 0.717) is 23.7 Å². The Bertz CT molecular complexity index is 413. The molecule has 0 atom stereocenters. The van der Waals surface area contributed by atoms with Crippen molar-refractivity contribution in [3.63, 3.8) is 0 Å². The quantitative estimate of drug-likeness (QED) is 0.835. The van der Waals surface area contributed by atoms with Crippen LogP contribution in [0.15, 0.2) is 12.1 Å². The van der Waals surface area contributed by atoms with Gasteiger partial charge in [-0.05, 0) is 12.1 Å². The molecule has 0 spiro atoms. The Morgan fingerprint density at radius 1 is 1.56 bits per heavy atom. The van der Waals surface area contributed by atoms with Crippen molar-refractivity contribution in [2.75, 3.05) is 13.9 Å². The molecule has 0 radical (unpaired) electrons. The molecule has 5 nitrogen and oxygen atoms in total. The van der Waals surface area contributed by atoms with Gasteiger partial charge in [0.05, 0.1) is 20.1 Å². The number of hydrogen-bond donors (Lipinski definition) is 1. The van der Waals surface area contributed by atoms with E-state index in [2.05, 4.69) is 0 Å². The SMILES string of the molecule is COc1ccc2c(c1CC(=O)O)COCO2. The second kappa shape index (κ2) is 4.40. The van der Waals surface area contributed by atoms with Gasteiger partial charge < -0.3 is 19.3 Å². The van der Waals surface area contributed by atoms with Gasteiger partial charge in [0.25, 0.3) is 0 Å². The molecule has 1 aromatic rings. The van der Waals surface area contributed by atoms with Crippen molar-refractivity contribution in [2.45, 2.75) is 13.0 Å². The summed E-state index contributed by atoms with van der Waals surface area (Å²) in [6.45, 7) is 0.557. The number of aliphatic carboxylic acids is 1. The first-order valence-electron chi connectivity index (χ1n) is 4.83. The van der Waals surface area contributed by atoms with Crippen LogP contribution in [0.3, 0.4) is 0 Å². The van der Waals surface area contributed by atoms with Gasteiger partial charge in [0.1, 0.15) is 11.5 Å². The Labute approximate surface area is 92.5 Å². The summed E-state index contributed by atoms with van der Waals surface area (Å²) in [6.07, 6.45) is -0.0981. The number of fused-ring (bicyclic) bond motifs is 1. The van der Waals surface area contributed by atoms with E-state index in [4.69, 9.17) is 19.3 Å². The van der Waals surface area contributed by atoms with Gasteiger partial charge in [-0.15, -0.1) is 0 Å². The fraction of sp³-hybridized carbons (Fsp3) is 0.364. The predicted octanol–water partition coefficient (Wildman–Crippen LogP) is 1.19. The third kappa shape index (κ3) is 1.94. The van der Waals surface area contributed by atoms with Gasteiger partial charge in [0.2, 0.25) is 0 Å². The average molecular weight is 224 g/mol. The molecule has 1 aliphatic heterocycles. The van der Waals surface area contributed by atoms with Gasteiger partial charge in [-0.25, -0.2) is 0 Å². The molecule has 5 heteroatoms. The van der Waals surface area contributed by atoms with Crippen molar-refractivity contribution in [3.8, 4) is 11.5 Å². The van der Waals surface area contributed by atoms with Gasteiger partial charge >= 0.3 is 5.97 Å². The summed E-state index contributed by atoms with van der Waals surface area (Å²) in [5, 5.41) is 8.85. The van der Waals surface area contributed by atoms with Crippen LogP contribution in [0.1, 0.15) is 11.1 Å². The van der Waals surface area contributed by atoms with Crippen LogP contribution in [0.2, 0.25) is 0 Å². The molecule has 0 bridgehead atoms. The Kier molecular flexibility index (Phi) is 2.96. The molecule has 86 valence electrons. The average Bonchev–Trinajstić information content (AvgIpc) is 2.29. The first-order valence-corrected chi connectivity index (χ1v) is 4.83. The number of rotatable bonds is 3. The van der Waals surface area contributed by atoms with Crippen LogP contribution in [0.5, 0.6) is 11.5 Å². The van der Waals surface area contributed by atoms with Crippen LogP contribution in [0.25, 0.3) is 0 Å². The molecule has 16 heavy (non-hydrogen) atoms. The molecule has 1 aromatic carbocycles. The van der Waals surface area contributed by atoms with E-state index in [1.165, 1.54) is 7.11 Å². The number of methoxy groups -OCH3 is 1. The highest BCUT2D eigenvalue weighted by molar-refractivity contribution is 5.73. The van der Waals surface area contributed by atoms with Crippen LogP contribution in [0, 0.1) is 0 Å². The predicted molar refractivity (Wildman–Crippen MR) is 54.6 cm³/mol. The molecule has 1 heterocycles. The van der Waals surface area contributed by atoms with Crippen LogP contribution < -0.4 is 9.47 Å². The molecule has 0 saturated carbocycles. The topological polar surface area (TPSA) is 65.0 Å². The Morgan fingerprint density at radius 3 is 3.06 bits per heavy atom. The minimum atomic E-state index is -0.905. The summed E-state index contributed by atoms with van der Waals surface area (Å²) < 4.78 is 15.6. The third-order valence-electron chi connectivity index (χ3n) is 2.44. The summed E-state index contributed by atoms with van der Waals surface area (Å²) in [6, 6.07) is 3.48. The molecule has 0 saturated heterocycles. The number of carbonyl (C=O) groups is 1. The van der Waals surface area contributed by atoms with E-state index in [1.807, 2.05) is 0 Å². The molecule has 1 N–H and O–H groups in total. The van der Waals surface area contributed by atoms with E-state index in [-0.39, 0.29) is 13.2 Å². The van der Waals surface area contributed by atoms with Crippen LogP contribution in [0.4, 0.5) is 0 Å². The summed E-state index contributed by atoms with van der Waals surface area (Å²) in [4.78, 5) is 10.8. The van der Waals surface area contributed by atoms with Gasteiger partial charge in [-0.3, -0.25) is 4.79 Å². The van der Waals surface area contributed by atoms with E-state index in [1.54, 1.807) is 12.1 Å². The lowest BCUT2D eigenvalue weighted by Crippen LogP contribution is -2.15. The molecule has 0 aromatic heterocycles. The highest BCUT2D eigenvalue weighted by Gasteiger charge is 2.20. The van der Waals surface area contributed by atoms with Gasteiger partial charge in [0, 0.05) is 11.1 Å². The fourth-order valence-corrected chi connectivity index (χ4v) is 1.73. The van der Waals surface area contributed by atoms with Gasteiger partial charge in [0.15, 0.2) is 6.79 Å². The molecule has 2 rings (SSSR count). The highest BCUT2D eigenvalue weighted by Crippen LogP contribution is 2.33. The minimum Gasteiger partial charge on any atom is -0.496 e. The Morgan fingerprint density at radius 2 is 2.38 bits per heavy atom. The molecule has 0 fully saturated rings. The fourth-order valence-electron chi connectivity index (χ4n) is 1.73. The Balaban J connectivity index is 2.47. The molecule has 0 unspecified atom stereocenters. The largest absolute Gasteiger partial charge is 0.496 e. The van der Waals surface area contributed by atoms with E-state index in [9.17, 15) is 4.79 Å². The zero-order valence-electron chi connectivity index (χ0n) is 8.86. The molecular weight excluding hydrogens is 212 g/mol. The normalized spacial score (nSPS) is 13.8. The first kappa shape index (κ1) is 10.8. The van der Waals surface area contributed by atoms with E-state index in [0.717, 1.165) is 5.56 Å². The summed E-state index contributed by atoms with van der Waals surface area (Å²) in [5.74, 6) is 0.316.